The van der Waals surface area contributed by atoms with Gasteiger partial charge in [0.05, 0.1) is 24.2 Å². The summed E-state index contributed by atoms with van der Waals surface area (Å²) < 4.78 is 27.2. The van der Waals surface area contributed by atoms with Crippen molar-refractivity contribution in [3.63, 3.8) is 0 Å². The maximum Gasteiger partial charge on any atom is 0.337 e. The second kappa shape index (κ2) is 5.71. The van der Waals surface area contributed by atoms with Gasteiger partial charge in [0, 0.05) is 12.6 Å². The predicted octanol–water partition coefficient (Wildman–Crippen LogP) is 0.750. The van der Waals surface area contributed by atoms with Gasteiger partial charge in [-0.05, 0) is 24.1 Å². The summed E-state index contributed by atoms with van der Waals surface area (Å²) in [5.74, 6) is 0.125. The van der Waals surface area contributed by atoms with E-state index in [1.807, 2.05) is 12.1 Å². The molecule has 1 aromatic carbocycles. The Hall–Kier alpha value is -1.40. The Labute approximate surface area is 112 Å². The van der Waals surface area contributed by atoms with Crippen molar-refractivity contribution in [3.05, 3.63) is 35.4 Å². The van der Waals surface area contributed by atoms with Crippen LogP contribution in [0.25, 0.3) is 0 Å². The van der Waals surface area contributed by atoms with E-state index in [-0.39, 0.29) is 23.5 Å². The zero-order chi connectivity index (χ0) is 13.9. The number of nitrogens with one attached hydrogen (secondary N) is 1. The van der Waals surface area contributed by atoms with E-state index in [9.17, 15) is 13.2 Å². The molecular weight excluding hydrogens is 266 g/mol. The molecule has 1 aromatic rings. The number of hydrogen-bond donors (Lipinski definition) is 1. The summed E-state index contributed by atoms with van der Waals surface area (Å²) in [6.07, 6.45) is 0.669. The Balaban J connectivity index is 1.89. The van der Waals surface area contributed by atoms with Crippen molar-refractivity contribution in [1.29, 1.82) is 0 Å². The highest BCUT2D eigenvalue weighted by Crippen LogP contribution is 2.12. The molecule has 2 rings (SSSR count). The van der Waals surface area contributed by atoms with Crippen molar-refractivity contribution in [2.45, 2.75) is 19.0 Å². The molecule has 0 saturated carbocycles. The Bertz CT molecular complexity index is 551. The highest BCUT2D eigenvalue weighted by Gasteiger charge is 2.27. The molecule has 5 nitrogen and oxygen atoms in total. The molecule has 0 bridgehead atoms. The summed E-state index contributed by atoms with van der Waals surface area (Å²) >= 11 is 0. The van der Waals surface area contributed by atoms with Gasteiger partial charge in [0.15, 0.2) is 9.84 Å². The molecule has 6 heteroatoms. The molecule has 1 heterocycles. The van der Waals surface area contributed by atoms with E-state index >= 15 is 0 Å². The minimum absolute atomic E-state index is 0.0327. The SMILES string of the molecule is COC(=O)c1ccc(CNC2CCS(=O)(=O)C2)cc1. The molecule has 0 radical (unpaired) electrons. The molecule has 1 unspecified atom stereocenters. The monoisotopic (exact) mass is 283 g/mol. The van der Waals surface area contributed by atoms with Crippen LogP contribution in [0, 0.1) is 0 Å². The lowest BCUT2D eigenvalue weighted by molar-refractivity contribution is 0.0600. The summed E-state index contributed by atoms with van der Waals surface area (Å²) in [6, 6.07) is 7.11. The van der Waals surface area contributed by atoms with Crippen molar-refractivity contribution >= 4 is 15.8 Å². The standard InChI is InChI=1S/C13H17NO4S/c1-18-13(15)11-4-2-10(3-5-11)8-14-12-6-7-19(16,17)9-12/h2-5,12,14H,6-9H2,1H3. The molecule has 1 aliphatic heterocycles. The highest BCUT2D eigenvalue weighted by molar-refractivity contribution is 7.91. The van der Waals surface area contributed by atoms with Gasteiger partial charge in [-0.2, -0.15) is 0 Å². The largest absolute Gasteiger partial charge is 0.465 e. The number of ether oxygens (including phenoxy) is 1. The quantitative estimate of drug-likeness (QED) is 0.826. The van der Waals surface area contributed by atoms with Crippen LogP contribution in [-0.4, -0.2) is 39.0 Å². The van der Waals surface area contributed by atoms with Crippen LogP contribution in [0.2, 0.25) is 0 Å². The molecule has 0 amide bonds. The number of rotatable bonds is 4. The third-order valence-electron chi connectivity index (χ3n) is 3.20. The van der Waals surface area contributed by atoms with E-state index in [4.69, 9.17) is 0 Å². The number of benzene rings is 1. The molecule has 104 valence electrons. The third-order valence-corrected chi connectivity index (χ3v) is 4.97. The molecule has 0 aromatic heterocycles. The summed E-state index contributed by atoms with van der Waals surface area (Å²) in [6.45, 7) is 0.599. The highest BCUT2D eigenvalue weighted by atomic mass is 32.2. The van der Waals surface area contributed by atoms with Crippen molar-refractivity contribution < 1.29 is 17.9 Å². The molecule has 0 spiro atoms. The molecule has 0 aliphatic carbocycles. The number of methoxy groups -OCH3 is 1. The van der Waals surface area contributed by atoms with Crippen LogP contribution in [0.15, 0.2) is 24.3 Å². The van der Waals surface area contributed by atoms with Crippen LogP contribution in [0.4, 0.5) is 0 Å². The number of sulfone groups is 1. The van der Waals surface area contributed by atoms with Crippen LogP contribution in [0.5, 0.6) is 0 Å². The first-order valence-electron chi connectivity index (χ1n) is 6.11. The fourth-order valence-corrected chi connectivity index (χ4v) is 3.80. The van der Waals surface area contributed by atoms with Crippen molar-refractivity contribution in [1.82, 2.24) is 5.32 Å². The lowest BCUT2D eigenvalue weighted by atomic mass is 10.1. The first kappa shape index (κ1) is 14.0. The van der Waals surface area contributed by atoms with Gasteiger partial charge in [-0.15, -0.1) is 0 Å². The molecule has 1 aliphatic rings. The second-order valence-electron chi connectivity index (χ2n) is 4.67. The van der Waals surface area contributed by atoms with Crippen molar-refractivity contribution in [3.8, 4) is 0 Å². The van der Waals surface area contributed by atoms with Crippen LogP contribution in [-0.2, 0) is 21.1 Å². The Morgan fingerprint density at radius 1 is 1.37 bits per heavy atom. The van der Waals surface area contributed by atoms with E-state index in [2.05, 4.69) is 10.1 Å². The first-order chi connectivity index (χ1) is 9.00. The topological polar surface area (TPSA) is 72.5 Å². The van der Waals surface area contributed by atoms with E-state index in [1.54, 1.807) is 12.1 Å². The fourth-order valence-electron chi connectivity index (χ4n) is 2.09. The van der Waals surface area contributed by atoms with E-state index in [1.165, 1.54) is 7.11 Å². The van der Waals surface area contributed by atoms with Gasteiger partial charge in [0.25, 0.3) is 0 Å². The predicted molar refractivity (Wildman–Crippen MR) is 71.7 cm³/mol. The minimum Gasteiger partial charge on any atom is -0.465 e. The van der Waals surface area contributed by atoms with E-state index < -0.39 is 9.84 Å². The molecule has 1 N–H and O–H groups in total. The Kier molecular flexibility index (Phi) is 4.21. The van der Waals surface area contributed by atoms with Crippen LogP contribution in [0.3, 0.4) is 0 Å². The van der Waals surface area contributed by atoms with Gasteiger partial charge in [0.1, 0.15) is 0 Å². The van der Waals surface area contributed by atoms with E-state index in [0.717, 1.165) is 5.56 Å². The van der Waals surface area contributed by atoms with Crippen LogP contribution in [0.1, 0.15) is 22.3 Å². The minimum atomic E-state index is -2.84. The summed E-state index contributed by atoms with van der Waals surface area (Å²) in [5, 5.41) is 3.22. The molecular formula is C13H17NO4S. The summed E-state index contributed by atoms with van der Waals surface area (Å²) in [4.78, 5) is 11.3. The lowest BCUT2D eigenvalue weighted by Crippen LogP contribution is -2.29. The number of esters is 1. The molecule has 1 saturated heterocycles. The normalized spacial score (nSPS) is 21.2. The zero-order valence-corrected chi connectivity index (χ0v) is 11.6. The van der Waals surface area contributed by atoms with Gasteiger partial charge in [0.2, 0.25) is 0 Å². The number of carbonyl (C=O) groups is 1. The van der Waals surface area contributed by atoms with Gasteiger partial charge in [-0.1, -0.05) is 12.1 Å². The van der Waals surface area contributed by atoms with Gasteiger partial charge < -0.3 is 10.1 Å². The average Bonchev–Trinajstić information content (AvgIpc) is 2.76. The first-order valence-corrected chi connectivity index (χ1v) is 7.93. The summed E-state index contributed by atoms with van der Waals surface area (Å²) in [7, 11) is -1.50. The van der Waals surface area contributed by atoms with Gasteiger partial charge in [-0.25, -0.2) is 13.2 Å². The van der Waals surface area contributed by atoms with Gasteiger partial charge in [-0.3, -0.25) is 0 Å². The lowest BCUT2D eigenvalue weighted by Gasteiger charge is -2.10. The average molecular weight is 283 g/mol. The van der Waals surface area contributed by atoms with E-state index in [0.29, 0.717) is 18.5 Å². The second-order valence-corrected chi connectivity index (χ2v) is 6.90. The molecule has 1 atom stereocenters. The maximum absolute atomic E-state index is 11.3. The van der Waals surface area contributed by atoms with Gasteiger partial charge >= 0.3 is 5.97 Å². The van der Waals surface area contributed by atoms with Crippen LogP contribution >= 0.6 is 0 Å². The fraction of sp³-hybridized carbons (Fsp3) is 0.462. The molecule has 1 fully saturated rings. The summed E-state index contributed by atoms with van der Waals surface area (Å²) in [5.41, 5.74) is 1.52. The molecule has 19 heavy (non-hydrogen) atoms. The van der Waals surface area contributed by atoms with Crippen molar-refractivity contribution in [2.75, 3.05) is 18.6 Å². The maximum atomic E-state index is 11.3. The Morgan fingerprint density at radius 3 is 2.58 bits per heavy atom. The smallest absolute Gasteiger partial charge is 0.337 e. The zero-order valence-electron chi connectivity index (χ0n) is 10.8. The number of hydrogen-bond acceptors (Lipinski definition) is 5. The van der Waals surface area contributed by atoms with Crippen LogP contribution < -0.4 is 5.32 Å². The Morgan fingerprint density at radius 2 is 2.05 bits per heavy atom. The number of carbonyl (C=O) groups excluding carboxylic acids is 1. The van der Waals surface area contributed by atoms with Crippen molar-refractivity contribution in [2.24, 2.45) is 0 Å². The third kappa shape index (κ3) is 3.78.